The first-order chi connectivity index (χ1) is 13.0. The van der Waals surface area contributed by atoms with Gasteiger partial charge in [0.25, 0.3) is 0 Å². The number of nitrogens with zero attached hydrogens (tertiary/aromatic N) is 3. The SMILES string of the molecule is COC(=O)CCN1C(=O)NCC1c1ccc(-c2cnc(C(=N)N)cn2)cc1.Cl. The summed E-state index contributed by atoms with van der Waals surface area (Å²) in [5, 5.41) is 10.2. The first-order valence-electron chi connectivity index (χ1n) is 8.37. The summed E-state index contributed by atoms with van der Waals surface area (Å²) in [7, 11) is 1.33. The molecule has 10 heteroatoms. The molecule has 0 spiro atoms. The van der Waals surface area contributed by atoms with Gasteiger partial charge in [0.15, 0.2) is 0 Å². The lowest BCUT2D eigenvalue weighted by Crippen LogP contribution is -2.32. The molecule has 2 aromatic rings. The number of urea groups is 1. The summed E-state index contributed by atoms with van der Waals surface area (Å²) in [5.74, 6) is -0.480. The quantitative estimate of drug-likeness (QED) is 0.379. The van der Waals surface area contributed by atoms with Gasteiger partial charge in [0.2, 0.25) is 0 Å². The lowest BCUT2D eigenvalue weighted by molar-refractivity contribution is -0.140. The van der Waals surface area contributed by atoms with E-state index in [1.165, 1.54) is 13.3 Å². The monoisotopic (exact) mass is 404 g/mol. The molecule has 0 bridgehead atoms. The number of nitrogens with two attached hydrogens (primary N) is 1. The maximum absolute atomic E-state index is 12.1. The highest BCUT2D eigenvalue weighted by Crippen LogP contribution is 2.27. The van der Waals surface area contributed by atoms with Gasteiger partial charge in [-0.1, -0.05) is 24.3 Å². The minimum Gasteiger partial charge on any atom is -0.469 e. The number of benzene rings is 1. The number of aromatic nitrogens is 2. The van der Waals surface area contributed by atoms with Crippen LogP contribution in [0.4, 0.5) is 4.79 Å². The van der Waals surface area contributed by atoms with Crippen LogP contribution in [0.15, 0.2) is 36.7 Å². The van der Waals surface area contributed by atoms with Gasteiger partial charge in [0.05, 0.1) is 37.7 Å². The van der Waals surface area contributed by atoms with E-state index < -0.39 is 0 Å². The lowest BCUT2D eigenvalue weighted by Gasteiger charge is -2.23. The smallest absolute Gasteiger partial charge is 0.318 e. The van der Waals surface area contributed by atoms with Crippen molar-refractivity contribution in [2.45, 2.75) is 12.5 Å². The molecule has 28 heavy (non-hydrogen) atoms. The van der Waals surface area contributed by atoms with Gasteiger partial charge >= 0.3 is 12.0 Å². The number of methoxy groups -OCH3 is 1. The Bertz CT molecular complexity index is 857. The van der Waals surface area contributed by atoms with Crippen LogP contribution >= 0.6 is 12.4 Å². The maximum atomic E-state index is 12.1. The van der Waals surface area contributed by atoms with Gasteiger partial charge in [-0.2, -0.15) is 0 Å². The molecule has 1 atom stereocenters. The molecular weight excluding hydrogens is 384 g/mol. The minimum atomic E-state index is -0.351. The molecule has 4 N–H and O–H groups in total. The van der Waals surface area contributed by atoms with Crippen LogP contribution in [0, 0.1) is 5.41 Å². The molecule has 1 fully saturated rings. The van der Waals surface area contributed by atoms with Crippen molar-refractivity contribution in [2.24, 2.45) is 5.73 Å². The van der Waals surface area contributed by atoms with Gasteiger partial charge in [-0.25, -0.2) is 9.78 Å². The highest BCUT2D eigenvalue weighted by molar-refractivity contribution is 5.92. The number of nitrogen functional groups attached to an aromatic ring is 1. The first-order valence-corrected chi connectivity index (χ1v) is 8.37. The van der Waals surface area contributed by atoms with Crippen molar-refractivity contribution in [2.75, 3.05) is 20.2 Å². The number of amidine groups is 1. The van der Waals surface area contributed by atoms with E-state index in [1.54, 1.807) is 11.1 Å². The normalized spacial score (nSPS) is 15.5. The van der Waals surface area contributed by atoms with Crippen LogP contribution in [0.3, 0.4) is 0 Å². The summed E-state index contributed by atoms with van der Waals surface area (Å²) in [5.41, 5.74) is 8.19. The van der Waals surface area contributed by atoms with Gasteiger partial charge in [0.1, 0.15) is 11.5 Å². The van der Waals surface area contributed by atoms with Gasteiger partial charge in [0, 0.05) is 18.7 Å². The van der Waals surface area contributed by atoms with Crippen LogP contribution in [0.25, 0.3) is 11.3 Å². The largest absolute Gasteiger partial charge is 0.469 e. The van der Waals surface area contributed by atoms with E-state index in [-0.39, 0.29) is 42.7 Å². The third-order valence-corrected chi connectivity index (χ3v) is 4.39. The molecule has 9 nitrogen and oxygen atoms in total. The average Bonchev–Trinajstić information content (AvgIpc) is 3.06. The van der Waals surface area contributed by atoms with E-state index in [2.05, 4.69) is 20.0 Å². The van der Waals surface area contributed by atoms with Crippen LogP contribution in [0.2, 0.25) is 0 Å². The van der Waals surface area contributed by atoms with Crippen molar-refractivity contribution >= 4 is 30.2 Å². The molecular formula is C18H21ClN6O3. The molecule has 1 saturated heterocycles. The molecule has 1 aliphatic heterocycles. The van der Waals surface area contributed by atoms with E-state index in [4.69, 9.17) is 11.1 Å². The molecule has 3 rings (SSSR count). The fourth-order valence-corrected chi connectivity index (χ4v) is 2.90. The Morgan fingerprint density at radius 2 is 2.04 bits per heavy atom. The Morgan fingerprint density at radius 3 is 2.61 bits per heavy atom. The number of hydrogen-bond donors (Lipinski definition) is 3. The fourth-order valence-electron chi connectivity index (χ4n) is 2.90. The number of esters is 1. The zero-order valence-corrected chi connectivity index (χ0v) is 16.0. The van der Waals surface area contributed by atoms with Crippen molar-refractivity contribution in [3.63, 3.8) is 0 Å². The van der Waals surface area contributed by atoms with Crippen molar-refractivity contribution in [3.05, 3.63) is 47.9 Å². The predicted molar refractivity (Wildman–Crippen MR) is 105 cm³/mol. The predicted octanol–water partition coefficient (Wildman–Crippen LogP) is 1.48. The molecule has 2 amide bonds. The van der Waals surface area contributed by atoms with Gasteiger partial charge in [-0.3, -0.25) is 15.2 Å². The van der Waals surface area contributed by atoms with Crippen molar-refractivity contribution in [1.29, 1.82) is 5.41 Å². The Hall–Kier alpha value is -3.20. The molecule has 1 aliphatic rings. The van der Waals surface area contributed by atoms with Gasteiger partial charge < -0.3 is 20.7 Å². The zero-order chi connectivity index (χ0) is 19.4. The molecule has 0 radical (unpaired) electrons. The van der Waals surface area contributed by atoms with Crippen LogP contribution in [-0.2, 0) is 9.53 Å². The van der Waals surface area contributed by atoms with Crippen molar-refractivity contribution < 1.29 is 14.3 Å². The summed E-state index contributed by atoms with van der Waals surface area (Å²) in [4.78, 5) is 33.4. The number of amides is 2. The number of ether oxygens (including phenoxy) is 1. The fraction of sp³-hybridized carbons (Fsp3) is 0.278. The summed E-state index contributed by atoms with van der Waals surface area (Å²) < 4.78 is 4.64. The van der Waals surface area contributed by atoms with Gasteiger partial charge in [-0.05, 0) is 5.56 Å². The van der Waals surface area contributed by atoms with Crippen molar-refractivity contribution in [3.8, 4) is 11.3 Å². The number of hydrogen-bond acceptors (Lipinski definition) is 6. The Kier molecular flexibility index (Phi) is 6.89. The highest BCUT2D eigenvalue weighted by atomic mass is 35.5. The number of rotatable bonds is 6. The molecule has 0 aliphatic carbocycles. The van der Waals surface area contributed by atoms with E-state index in [0.29, 0.717) is 24.5 Å². The molecule has 2 heterocycles. The number of carbonyl (C=O) groups excluding carboxylic acids is 2. The van der Waals surface area contributed by atoms with E-state index in [0.717, 1.165) is 11.1 Å². The topological polar surface area (TPSA) is 134 Å². The molecule has 1 aromatic carbocycles. The van der Waals surface area contributed by atoms with Crippen molar-refractivity contribution in [1.82, 2.24) is 20.2 Å². The average molecular weight is 405 g/mol. The molecule has 1 aromatic heterocycles. The van der Waals surface area contributed by atoms with Crippen LogP contribution in [0.1, 0.15) is 23.7 Å². The number of carbonyl (C=O) groups is 2. The summed E-state index contributed by atoms with van der Waals surface area (Å²) in [6, 6.07) is 7.29. The second-order valence-corrected chi connectivity index (χ2v) is 6.04. The number of nitrogens with one attached hydrogen (secondary N) is 2. The Morgan fingerprint density at radius 1 is 1.32 bits per heavy atom. The second-order valence-electron chi connectivity index (χ2n) is 6.04. The first kappa shape index (κ1) is 21.1. The summed E-state index contributed by atoms with van der Waals surface area (Å²) in [6.07, 6.45) is 3.17. The molecule has 1 unspecified atom stereocenters. The van der Waals surface area contributed by atoms with Crippen LogP contribution < -0.4 is 11.1 Å². The standard InChI is InChI=1S/C18H20N6O3.ClH/c1-27-16(25)6-7-24-15(10-23-18(24)26)12-4-2-11(3-5-12)13-8-22-14(9-21-13)17(19)20;/h2-5,8-9,15H,6-7,10H2,1H3,(H3,19,20)(H,23,26);1H. The third-order valence-electron chi connectivity index (χ3n) is 4.39. The Labute approximate surface area is 168 Å². The van der Waals surface area contributed by atoms with E-state index in [9.17, 15) is 9.59 Å². The van der Waals surface area contributed by atoms with Crippen LogP contribution in [-0.4, -0.2) is 52.9 Å². The van der Waals surface area contributed by atoms with E-state index >= 15 is 0 Å². The Balaban J connectivity index is 0.00000280. The summed E-state index contributed by atoms with van der Waals surface area (Å²) >= 11 is 0. The zero-order valence-electron chi connectivity index (χ0n) is 15.2. The number of halogens is 1. The summed E-state index contributed by atoms with van der Waals surface area (Å²) in [6.45, 7) is 0.773. The minimum absolute atomic E-state index is 0. The maximum Gasteiger partial charge on any atom is 0.318 e. The second kappa shape index (κ2) is 9.14. The molecule has 148 valence electrons. The van der Waals surface area contributed by atoms with Crippen LogP contribution in [0.5, 0.6) is 0 Å². The third kappa shape index (κ3) is 4.55. The highest BCUT2D eigenvalue weighted by Gasteiger charge is 2.31. The lowest BCUT2D eigenvalue weighted by atomic mass is 10.0. The molecule has 0 saturated carbocycles. The van der Waals surface area contributed by atoms with E-state index in [1.807, 2.05) is 24.3 Å². The van der Waals surface area contributed by atoms with Gasteiger partial charge in [-0.15, -0.1) is 12.4 Å².